The van der Waals surface area contributed by atoms with Gasteiger partial charge in [-0.05, 0) is 12.5 Å². The van der Waals surface area contributed by atoms with Crippen LogP contribution < -0.4 is 16.0 Å². The van der Waals surface area contributed by atoms with Crippen LogP contribution >= 0.6 is 0 Å². The van der Waals surface area contributed by atoms with Crippen molar-refractivity contribution < 1.29 is 13.2 Å². The normalized spacial score (nSPS) is 11.1. The molecule has 4 N–H and O–H groups in total. The maximum Gasteiger partial charge on any atom is 0.252 e. The lowest BCUT2D eigenvalue weighted by Crippen LogP contribution is -2.27. The Labute approximate surface area is 98.1 Å². The van der Waals surface area contributed by atoms with Crippen LogP contribution in [0.2, 0.25) is 0 Å². The molecule has 1 amide bonds. The van der Waals surface area contributed by atoms with Crippen LogP contribution in [0.15, 0.2) is 23.1 Å². The molecule has 0 spiro atoms. The van der Waals surface area contributed by atoms with Gasteiger partial charge in [-0.3, -0.25) is 9.59 Å². The Morgan fingerprint density at radius 2 is 2.12 bits per heavy atom. The van der Waals surface area contributed by atoms with Gasteiger partial charge < -0.3 is 10.3 Å². The average Bonchev–Trinajstić information content (AvgIpc) is 2.24. The summed E-state index contributed by atoms with van der Waals surface area (Å²) >= 11 is 0. The third kappa shape index (κ3) is 5.27. The Kier molecular flexibility index (Phi) is 4.41. The van der Waals surface area contributed by atoms with E-state index < -0.39 is 10.0 Å². The summed E-state index contributed by atoms with van der Waals surface area (Å²) in [6, 6.07) is 2.62. The first-order valence-electron chi connectivity index (χ1n) is 4.86. The van der Waals surface area contributed by atoms with Crippen molar-refractivity contribution >= 4 is 15.9 Å². The van der Waals surface area contributed by atoms with Crippen LogP contribution in [0.5, 0.6) is 0 Å². The van der Waals surface area contributed by atoms with E-state index in [2.05, 4.69) is 10.3 Å². The number of sulfonamides is 1. The minimum atomic E-state index is -3.49. The first-order valence-corrected chi connectivity index (χ1v) is 6.57. The van der Waals surface area contributed by atoms with Gasteiger partial charge in [0.15, 0.2) is 0 Å². The molecule has 7 nitrogen and oxygen atoms in total. The van der Waals surface area contributed by atoms with Crippen LogP contribution in [-0.2, 0) is 10.0 Å². The minimum Gasteiger partial charge on any atom is -0.352 e. The van der Waals surface area contributed by atoms with E-state index >= 15 is 0 Å². The van der Waals surface area contributed by atoms with Crippen LogP contribution in [0.4, 0.5) is 0 Å². The van der Waals surface area contributed by atoms with Gasteiger partial charge in [0.1, 0.15) is 0 Å². The summed E-state index contributed by atoms with van der Waals surface area (Å²) in [4.78, 5) is 24.6. The first kappa shape index (κ1) is 13.4. The van der Waals surface area contributed by atoms with E-state index in [1.807, 2.05) is 0 Å². The van der Waals surface area contributed by atoms with Gasteiger partial charge in [-0.1, -0.05) is 0 Å². The van der Waals surface area contributed by atoms with Crippen LogP contribution in [0.1, 0.15) is 16.8 Å². The van der Waals surface area contributed by atoms with Crippen molar-refractivity contribution in [2.24, 2.45) is 5.14 Å². The first-order chi connectivity index (χ1) is 7.88. The maximum atomic E-state index is 11.5. The van der Waals surface area contributed by atoms with E-state index in [1.54, 1.807) is 0 Å². The minimum absolute atomic E-state index is 0.182. The molecule has 1 aromatic rings. The van der Waals surface area contributed by atoms with Crippen LogP contribution in [0.25, 0.3) is 0 Å². The van der Waals surface area contributed by atoms with Crippen molar-refractivity contribution in [1.82, 2.24) is 10.3 Å². The summed E-state index contributed by atoms with van der Waals surface area (Å²) < 4.78 is 21.2. The zero-order valence-electron chi connectivity index (χ0n) is 8.97. The third-order valence-electron chi connectivity index (χ3n) is 1.94. The highest BCUT2D eigenvalue weighted by Crippen LogP contribution is 1.93. The molecule has 0 saturated heterocycles. The predicted octanol–water partition coefficient (Wildman–Crippen LogP) is -1.22. The van der Waals surface area contributed by atoms with E-state index in [0.717, 1.165) is 0 Å². The molecule has 8 heteroatoms. The molecule has 0 aliphatic heterocycles. The smallest absolute Gasteiger partial charge is 0.252 e. The van der Waals surface area contributed by atoms with Gasteiger partial charge in [0, 0.05) is 18.8 Å². The Hall–Kier alpha value is -1.67. The largest absolute Gasteiger partial charge is 0.352 e. The quantitative estimate of drug-likeness (QED) is 0.574. The summed E-state index contributed by atoms with van der Waals surface area (Å²) in [7, 11) is -3.49. The Morgan fingerprint density at radius 3 is 2.65 bits per heavy atom. The third-order valence-corrected chi connectivity index (χ3v) is 2.80. The lowest BCUT2D eigenvalue weighted by Gasteiger charge is -2.03. The standard InChI is InChI=1S/C9H13N3O4S/c10-17(15,16)5-1-4-11-9(14)7-2-3-8(13)12-6-7/h2-3,6H,1,4-5H2,(H,11,14)(H,12,13)(H2,10,15,16). The summed E-state index contributed by atoms with van der Waals surface area (Å²) in [5.74, 6) is -0.561. The molecule has 0 unspecified atom stereocenters. The van der Waals surface area contributed by atoms with Crippen LogP contribution in [0.3, 0.4) is 0 Å². The van der Waals surface area contributed by atoms with Crippen molar-refractivity contribution in [3.63, 3.8) is 0 Å². The monoisotopic (exact) mass is 259 g/mol. The summed E-state index contributed by atoms with van der Waals surface area (Å²) in [5, 5.41) is 7.31. The number of primary sulfonamides is 1. The molecule has 0 atom stereocenters. The molecule has 0 fully saturated rings. The number of amides is 1. The van der Waals surface area contributed by atoms with Crippen LogP contribution in [0, 0.1) is 0 Å². The topological polar surface area (TPSA) is 122 Å². The summed E-state index contributed by atoms with van der Waals surface area (Å²) in [6.07, 6.45) is 1.53. The number of pyridine rings is 1. The number of carbonyl (C=O) groups excluding carboxylic acids is 1. The van der Waals surface area contributed by atoms with E-state index in [-0.39, 0.29) is 30.2 Å². The Balaban J connectivity index is 2.40. The number of rotatable bonds is 5. The number of carbonyl (C=O) groups is 1. The van der Waals surface area contributed by atoms with Crippen molar-refractivity contribution in [3.05, 3.63) is 34.2 Å². The van der Waals surface area contributed by atoms with Crippen molar-refractivity contribution in [2.75, 3.05) is 12.3 Å². The summed E-state index contributed by atoms with van der Waals surface area (Å²) in [6.45, 7) is 0.203. The highest BCUT2D eigenvalue weighted by Gasteiger charge is 2.06. The molecule has 94 valence electrons. The fourth-order valence-electron chi connectivity index (χ4n) is 1.13. The van der Waals surface area contributed by atoms with Crippen molar-refractivity contribution in [3.8, 4) is 0 Å². The number of H-pyrrole nitrogens is 1. The number of aromatic nitrogens is 1. The molecule has 17 heavy (non-hydrogen) atoms. The second-order valence-corrected chi connectivity index (χ2v) is 5.15. The van der Waals surface area contributed by atoms with Crippen molar-refractivity contribution in [2.45, 2.75) is 6.42 Å². The number of hydrogen-bond donors (Lipinski definition) is 3. The molecular weight excluding hydrogens is 246 g/mol. The molecule has 0 aliphatic carbocycles. The maximum absolute atomic E-state index is 11.5. The molecule has 1 rings (SSSR count). The van der Waals surface area contributed by atoms with Gasteiger partial charge in [-0.2, -0.15) is 0 Å². The fourth-order valence-corrected chi connectivity index (χ4v) is 1.68. The molecule has 0 aromatic carbocycles. The summed E-state index contributed by atoms with van der Waals surface area (Å²) in [5.41, 5.74) is 0.0102. The van der Waals surface area contributed by atoms with Crippen LogP contribution in [-0.4, -0.2) is 31.6 Å². The fraction of sp³-hybridized carbons (Fsp3) is 0.333. The predicted molar refractivity (Wildman–Crippen MR) is 62.0 cm³/mol. The zero-order chi connectivity index (χ0) is 12.9. The molecule has 0 radical (unpaired) electrons. The molecule has 1 aromatic heterocycles. The second kappa shape index (κ2) is 5.60. The zero-order valence-corrected chi connectivity index (χ0v) is 9.79. The molecule has 0 bridgehead atoms. The van der Waals surface area contributed by atoms with E-state index in [9.17, 15) is 18.0 Å². The highest BCUT2D eigenvalue weighted by molar-refractivity contribution is 7.89. The molecule has 0 aliphatic rings. The number of aromatic amines is 1. The Bertz CT molecular complexity index is 529. The highest BCUT2D eigenvalue weighted by atomic mass is 32.2. The lowest BCUT2D eigenvalue weighted by atomic mass is 10.2. The van der Waals surface area contributed by atoms with E-state index in [4.69, 9.17) is 5.14 Å². The van der Waals surface area contributed by atoms with Crippen molar-refractivity contribution in [1.29, 1.82) is 0 Å². The second-order valence-electron chi connectivity index (χ2n) is 3.42. The van der Waals surface area contributed by atoms with E-state index in [0.29, 0.717) is 5.56 Å². The molecular formula is C9H13N3O4S. The lowest BCUT2D eigenvalue weighted by molar-refractivity contribution is 0.0953. The van der Waals surface area contributed by atoms with Gasteiger partial charge in [-0.25, -0.2) is 13.6 Å². The van der Waals surface area contributed by atoms with Gasteiger partial charge in [-0.15, -0.1) is 0 Å². The SMILES string of the molecule is NS(=O)(=O)CCCNC(=O)c1ccc(=O)[nH]c1. The molecule has 1 heterocycles. The van der Waals surface area contributed by atoms with Gasteiger partial charge in [0.25, 0.3) is 5.91 Å². The average molecular weight is 259 g/mol. The number of nitrogens with one attached hydrogen (secondary N) is 2. The number of nitrogens with two attached hydrogens (primary N) is 1. The number of hydrogen-bond acceptors (Lipinski definition) is 4. The van der Waals surface area contributed by atoms with Gasteiger partial charge in [0.2, 0.25) is 15.6 Å². The van der Waals surface area contributed by atoms with Gasteiger partial charge >= 0.3 is 0 Å². The van der Waals surface area contributed by atoms with E-state index in [1.165, 1.54) is 18.3 Å². The van der Waals surface area contributed by atoms with Gasteiger partial charge in [0.05, 0.1) is 11.3 Å². The Morgan fingerprint density at radius 1 is 1.41 bits per heavy atom. The molecule has 0 saturated carbocycles.